The average molecular weight is 332 g/mol. The van der Waals surface area contributed by atoms with Gasteiger partial charge < -0.3 is 10.4 Å². The van der Waals surface area contributed by atoms with Crippen LogP contribution in [-0.4, -0.2) is 17.0 Å². The summed E-state index contributed by atoms with van der Waals surface area (Å²) in [5.41, 5.74) is 0.00634. The van der Waals surface area contributed by atoms with Crippen molar-refractivity contribution in [3.05, 3.63) is 33.8 Å². The SMILES string of the molecule is CC(NC(=O)C(C(=O)O)C(C)(C)C)c1ccc(Cl)cc1Cl. The van der Waals surface area contributed by atoms with Gasteiger partial charge in [-0.2, -0.15) is 0 Å². The monoisotopic (exact) mass is 331 g/mol. The number of nitrogens with one attached hydrogen (secondary N) is 1. The molecular formula is C15H19Cl2NO3. The van der Waals surface area contributed by atoms with E-state index >= 15 is 0 Å². The second kappa shape index (κ2) is 6.67. The molecular weight excluding hydrogens is 313 g/mol. The number of amides is 1. The van der Waals surface area contributed by atoms with E-state index < -0.39 is 29.3 Å². The van der Waals surface area contributed by atoms with Crippen LogP contribution in [0.5, 0.6) is 0 Å². The third kappa shape index (κ3) is 4.61. The second-order valence-corrected chi connectivity index (χ2v) is 6.88. The van der Waals surface area contributed by atoms with E-state index in [0.717, 1.165) is 0 Å². The van der Waals surface area contributed by atoms with Crippen molar-refractivity contribution in [2.45, 2.75) is 33.7 Å². The lowest BCUT2D eigenvalue weighted by molar-refractivity contribution is -0.151. The molecule has 0 bridgehead atoms. The zero-order valence-corrected chi connectivity index (χ0v) is 13.9. The maximum absolute atomic E-state index is 12.2. The molecule has 1 amide bonds. The molecule has 1 aromatic carbocycles. The van der Waals surface area contributed by atoms with Crippen LogP contribution >= 0.6 is 23.2 Å². The predicted octanol–water partition coefficient (Wildman–Crippen LogP) is 3.92. The summed E-state index contributed by atoms with van der Waals surface area (Å²) in [6.07, 6.45) is 0. The number of hydrogen-bond donors (Lipinski definition) is 2. The molecule has 0 radical (unpaired) electrons. The molecule has 0 fully saturated rings. The molecule has 0 aliphatic rings. The van der Waals surface area contributed by atoms with Crippen LogP contribution in [-0.2, 0) is 9.59 Å². The minimum absolute atomic E-state index is 0.411. The Morgan fingerprint density at radius 2 is 1.81 bits per heavy atom. The summed E-state index contributed by atoms with van der Waals surface area (Å²) in [6.45, 7) is 6.89. The minimum Gasteiger partial charge on any atom is -0.481 e. The standard InChI is InChI=1S/C15H19Cl2NO3/c1-8(10-6-5-9(16)7-11(10)17)18-13(19)12(14(20)21)15(2,3)4/h5-8,12H,1-4H3,(H,18,19)(H,20,21). The molecule has 1 aromatic rings. The molecule has 2 unspecified atom stereocenters. The summed E-state index contributed by atoms with van der Waals surface area (Å²) >= 11 is 11.9. The van der Waals surface area contributed by atoms with Crippen LogP contribution in [0.3, 0.4) is 0 Å². The van der Waals surface area contributed by atoms with Crippen LogP contribution in [0.4, 0.5) is 0 Å². The predicted molar refractivity (Wildman–Crippen MR) is 83.6 cm³/mol. The Hall–Kier alpha value is -1.26. The van der Waals surface area contributed by atoms with Gasteiger partial charge in [0.05, 0.1) is 6.04 Å². The Bertz CT molecular complexity index is 552. The number of carbonyl (C=O) groups is 2. The highest BCUT2D eigenvalue weighted by atomic mass is 35.5. The number of halogens is 2. The number of aliphatic carboxylic acids is 1. The van der Waals surface area contributed by atoms with Crippen LogP contribution in [0.2, 0.25) is 10.0 Å². The van der Waals surface area contributed by atoms with Crippen molar-refractivity contribution in [2.24, 2.45) is 11.3 Å². The first-order valence-electron chi connectivity index (χ1n) is 6.52. The fourth-order valence-electron chi connectivity index (χ4n) is 2.10. The van der Waals surface area contributed by atoms with Crippen molar-refractivity contribution < 1.29 is 14.7 Å². The zero-order chi connectivity index (χ0) is 16.4. The summed E-state index contributed by atoms with van der Waals surface area (Å²) in [4.78, 5) is 23.5. The zero-order valence-electron chi connectivity index (χ0n) is 12.4. The summed E-state index contributed by atoms with van der Waals surface area (Å²) < 4.78 is 0. The number of carboxylic acid groups (broad SMARTS) is 1. The highest BCUT2D eigenvalue weighted by Crippen LogP contribution is 2.29. The molecule has 2 atom stereocenters. The van der Waals surface area contributed by atoms with Gasteiger partial charge in [0.25, 0.3) is 0 Å². The average Bonchev–Trinajstić information content (AvgIpc) is 2.25. The maximum Gasteiger partial charge on any atom is 0.316 e. The van der Waals surface area contributed by atoms with Crippen molar-refractivity contribution in [1.82, 2.24) is 5.32 Å². The molecule has 0 aromatic heterocycles. The van der Waals surface area contributed by atoms with E-state index in [1.807, 2.05) is 0 Å². The van der Waals surface area contributed by atoms with Crippen molar-refractivity contribution in [1.29, 1.82) is 0 Å². The summed E-state index contributed by atoms with van der Waals surface area (Å²) in [5.74, 6) is -2.81. The molecule has 0 heterocycles. The quantitative estimate of drug-likeness (QED) is 0.822. The Balaban J connectivity index is 2.93. The van der Waals surface area contributed by atoms with Crippen molar-refractivity contribution in [3.63, 3.8) is 0 Å². The lowest BCUT2D eigenvalue weighted by atomic mass is 9.80. The van der Waals surface area contributed by atoms with E-state index in [-0.39, 0.29) is 0 Å². The van der Waals surface area contributed by atoms with Crippen LogP contribution in [0, 0.1) is 11.3 Å². The van der Waals surface area contributed by atoms with Gasteiger partial charge >= 0.3 is 5.97 Å². The fraction of sp³-hybridized carbons (Fsp3) is 0.467. The van der Waals surface area contributed by atoms with Crippen molar-refractivity contribution >= 4 is 35.1 Å². The Morgan fingerprint density at radius 1 is 1.24 bits per heavy atom. The molecule has 0 saturated heterocycles. The molecule has 6 heteroatoms. The van der Waals surface area contributed by atoms with Crippen LogP contribution in [0.1, 0.15) is 39.3 Å². The maximum atomic E-state index is 12.2. The molecule has 21 heavy (non-hydrogen) atoms. The third-order valence-corrected chi connectivity index (χ3v) is 3.73. The van der Waals surface area contributed by atoms with Crippen molar-refractivity contribution in [2.75, 3.05) is 0 Å². The van der Waals surface area contributed by atoms with E-state index in [1.165, 1.54) is 0 Å². The molecule has 116 valence electrons. The first kappa shape index (κ1) is 17.8. The summed E-state index contributed by atoms with van der Waals surface area (Å²) in [5, 5.41) is 12.9. The van der Waals surface area contributed by atoms with Crippen LogP contribution in [0.25, 0.3) is 0 Å². The van der Waals surface area contributed by atoms with Crippen LogP contribution < -0.4 is 5.32 Å². The smallest absolute Gasteiger partial charge is 0.316 e. The van der Waals surface area contributed by atoms with Gasteiger partial charge in [0.1, 0.15) is 5.92 Å². The molecule has 0 aliphatic carbocycles. The lowest BCUT2D eigenvalue weighted by Crippen LogP contribution is -2.43. The fourth-order valence-corrected chi connectivity index (χ4v) is 2.68. The van der Waals surface area contributed by atoms with Gasteiger partial charge in [0.2, 0.25) is 5.91 Å². The Labute approximate surface area is 134 Å². The number of rotatable bonds is 4. The summed E-state index contributed by atoms with van der Waals surface area (Å²) in [6, 6.07) is 4.55. The largest absolute Gasteiger partial charge is 0.481 e. The normalized spacial score (nSPS) is 14.4. The molecule has 4 nitrogen and oxygen atoms in total. The van der Waals surface area contributed by atoms with Gasteiger partial charge in [-0.15, -0.1) is 0 Å². The number of benzene rings is 1. The van der Waals surface area contributed by atoms with Gasteiger partial charge in [-0.1, -0.05) is 50.0 Å². The van der Waals surface area contributed by atoms with Gasteiger partial charge in [0.15, 0.2) is 0 Å². The minimum atomic E-state index is -1.14. The summed E-state index contributed by atoms with van der Waals surface area (Å²) in [7, 11) is 0. The van der Waals surface area contributed by atoms with Gasteiger partial charge in [0, 0.05) is 10.0 Å². The van der Waals surface area contributed by atoms with E-state index in [4.69, 9.17) is 23.2 Å². The number of carboxylic acids is 1. The first-order chi connectivity index (χ1) is 9.54. The van der Waals surface area contributed by atoms with E-state index in [9.17, 15) is 14.7 Å². The van der Waals surface area contributed by atoms with E-state index in [0.29, 0.717) is 15.6 Å². The van der Waals surface area contributed by atoms with Gasteiger partial charge in [-0.3, -0.25) is 9.59 Å². The molecule has 0 spiro atoms. The topological polar surface area (TPSA) is 66.4 Å². The molecule has 2 N–H and O–H groups in total. The van der Waals surface area contributed by atoms with Crippen molar-refractivity contribution in [3.8, 4) is 0 Å². The van der Waals surface area contributed by atoms with Crippen LogP contribution in [0.15, 0.2) is 18.2 Å². The Kier molecular flexibility index (Phi) is 5.65. The first-order valence-corrected chi connectivity index (χ1v) is 7.27. The Morgan fingerprint density at radius 3 is 2.24 bits per heavy atom. The third-order valence-electron chi connectivity index (χ3n) is 3.16. The second-order valence-electron chi connectivity index (χ2n) is 6.03. The van der Waals surface area contributed by atoms with Gasteiger partial charge in [-0.25, -0.2) is 0 Å². The number of carbonyl (C=O) groups excluding carboxylic acids is 1. The van der Waals surface area contributed by atoms with Gasteiger partial charge in [-0.05, 0) is 30.0 Å². The molecule has 1 rings (SSSR count). The highest BCUT2D eigenvalue weighted by Gasteiger charge is 2.38. The highest BCUT2D eigenvalue weighted by molar-refractivity contribution is 6.35. The molecule has 0 saturated carbocycles. The number of hydrogen-bond acceptors (Lipinski definition) is 2. The lowest BCUT2D eigenvalue weighted by Gasteiger charge is -2.27. The van der Waals surface area contributed by atoms with E-state index in [1.54, 1.807) is 45.9 Å². The molecule has 0 aliphatic heterocycles. The van der Waals surface area contributed by atoms with E-state index in [2.05, 4.69) is 5.32 Å².